The number of aliphatic hydroxyl groups is 1. The Balaban J connectivity index is 1.89. The molecule has 4 rings (SSSR count). The number of nitrogens with one attached hydrogen (secondary N) is 1. The van der Waals surface area contributed by atoms with Crippen LogP contribution in [0.4, 0.5) is 5.95 Å². The minimum atomic E-state index is -0.685. The van der Waals surface area contributed by atoms with E-state index in [2.05, 4.69) is 14.9 Å². The summed E-state index contributed by atoms with van der Waals surface area (Å²) < 4.78 is 1.82. The number of imidazole rings is 1. The van der Waals surface area contributed by atoms with Gasteiger partial charge in [-0.2, -0.15) is 0 Å². The van der Waals surface area contributed by atoms with Gasteiger partial charge in [-0.05, 0) is 30.5 Å². The second kappa shape index (κ2) is 7.98. The summed E-state index contributed by atoms with van der Waals surface area (Å²) in [5.74, 6) is 0.0559. The number of benzene rings is 1. The summed E-state index contributed by atoms with van der Waals surface area (Å²) in [7, 11) is 0. The lowest BCUT2D eigenvalue weighted by Gasteiger charge is -2.32. The van der Waals surface area contributed by atoms with Gasteiger partial charge >= 0.3 is 0 Å². The van der Waals surface area contributed by atoms with Gasteiger partial charge in [0.15, 0.2) is 0 Å². The fourth-order valence-electron chi connectivity index (χ4n) is 3.77. The van der Waals surface area contributed by atoms with Crippen molar-refractivity contribution in [3.63, 3.8) is 0 Å². The van der Waals surface area contributed by atoms with E-state index in [1.54, 1.807) is 6.07 Å². The minimum absolute atomic E-state index is 0.0298. The highest BCUT2D eigenvalue weighted by Gasteiger charge is 2.25. The van der Waals surface area contributed by atoms with Crippen molar-refractivity contribution in [2.45, 2.75) is 25.4 Å². The van der Waals surface area contributed by atoms with Gasteiger partial charge in [0.1, 0.15) is 12.1 Å². The van der Waals surface area contributed by atoms with E-state index in [1.165, 1.54) is 6.07 Å². The van der Waals surface area contributed by atoms with Gasteiger partial charge in [0.05, 0.1) is 17.8 Å². The summed E-state index contributed by atoms with van der Waals surface area (Å²) in [4.78, 5) is 34.0. The van der Waals surface area contributed by atoms with Crippen molar-refractivity contribution in [2.75, 3.05) is 24.6 Å². The Morgan fingerprint density at radius 1 is 1.38 bits per heavy atom. The highest BCUT2D eigenvalue weighted by molar-refractivity contribution is 6.31. The zero-order chi connectivity index (χ0) is 20.5. The van der Waals surface area contributed by atoms with Crippen molar-refractivity contribution >= 4 is 34.4 Å². The zero-order valence-corrected chi connectivity index (χ0v) is 16.5. The summed E-state index contributed by atoms with van der Waals surface area (Å²) in [5.41, 5.74) is 7.36. The van der Waals surface area contributed by atoms with Crippen molar-refractivity contribution in [3.8, 4) is 0 Å². The van der Waals surface area contributed by atoms with E-state index in [4.69, 9.17) is 22.4 Å². The van der Waals surface area contributed by atoms with Crippen molar-refractivity contribution < 1.29 is 9.90 Å². The molecule has 8 nitrogen and oxygen atoms in total. The summed E-state index contributed by atoms with van der Waals surface area (Å²) in [6, 6.07) is 8.97. The third kappa shape index (κ3) is 3.78. The molecule has 152 valence electrons. The number of H-pyrrole nitrogens is 1. The predicted molar refractivity (Wildman–Crippen MR) is 112 cm³/mol. The molecule has 1 atom stereocenters. The number of halogens is 1. The van der Waals surface area contributed by atoms with E-state index in [0.29, 0.717) is 35.1 Å². The van der Waals surface area contributed by atoms with Gasteiger partial charge in [-0.3, -0.25) is 9.59 Å². The largest absolute Gasteiger partial charge is 0.388 e. The number of ketones is 1. The first-order valence-corrected chi connectivity index (χ1v) is 9.87. The molecule has 4 N–H and O–H groups in total. The first-order valence-electron chi connectivity index (χ1n) is 9.49. The molecule has 1 fully saturated rings. The van der Waals surface area contributed by atoms with E-state index in [0.717, 1.165) is 24.9 Å². The van der Waals surface area contributed by atoms with Crippen molar-refractivity contribution in [3.05, 3.63) is 57.0 Å². The van der Waals surface area contributed by atoms with Crippen LogP contribution in [0, 0.1) is 0 Å². The lowest BCUT2D eigenvalue weighted by molar-refractivity contribution is 0.0898. The lowest BCUT2D eigenvalue weighted by Crippen LogP contribution is -2.44. The Morgan fingerprint density at radius 3 is 2.90 bits per heavy atom. The van der Waals surface area contributed by atoms with Crippen LogP contribution in [0.5, 0.6) is 0 Å². The number of aromatic nitrogens is 3. The van der Waals surface area contributed by atoms with Gasteiger partial charge in [0, 0.05) is 24.2 Å². The SMILES string of the molecule is N[C@@H]1CCCN(c2nc3cc(C(=O)CO)[nH]c(=O)c3n2Cc2ccccc2Cl)C1. The summed E-state index contributed by atoms with van der Waals surface area (Å²) >= 11 is 6.35. The molecule has 0 saturated carbocycles. The molecule has 1 aliphatic heterocycles. The van der Waals surface area contributed by atoms with Crippen LogP contribution in [-0.4, -0.2) is 51.2 Å². The summed E-state index contributed by atoms with van der Waals surface area (Å²) in [6.07, 6.45) is 1.87. The molecular weight excluding hydrogens is 394 g/mol. The zero-order valence-electron chi connectivity index (χ0n) is 15.8. The van der Waals surface area contributed by atoms with Gasteiger partial charge in [0.2, 0.25) is 11.7 Å². The van der Waals surface area contributed by atoms with E-state index in [-0.39, 0.29) is 11.7 Å². The number of pyridine rings is 1. The maximum absolute atomic E-state index is 12.8. The summed E-state index contributed by atoms with van der Waals surface area (Å²) in [5, 5.41) is 9.73. The van der Waals surface area contributed by atoms with Gasteiger partial charge in [-0.15, -0.1) is 0 Å². The van der Waals surface area contributed by atoms with Crippen LogP contribution in [0.1, 0.15) is 28.9 Å². The normalized spacial score (nSPS) is 17.1. The number of aliphatic hydroxyl groups excluding tert-OH is 1. The number of fused-ring (bicyclic) bond motifs is 1. The van der Waals surface area contributed by atoms with Gasteiger partial charge < -0.3 is 25.3 Å². The smallest absolute Gasteiger partial charge is 0.274 e. The molecule has 0 bridgehead atoms. The minimum Gasteiger partial charge on any atom is -0.388 e. The number of Topliss-reactive ketones (excluding diaryl/α,β-unsaturated/α-hetero) is 1. The quantitative estimate of drug-likeness (QED) is 0.544. The number of carbonyl (C=O) groups excluding carboxylic acids is 1. The molecule has 29 heavy (non-hydrogen) atoms. The standard InChI is InChI=1S/C20H22ClN5O3/c21-14-6-2-1-4-12(14)9-26-18-16(8-15(17(28)11-27)23-19(18)29)24-20(26)25-7-3-5-13(22)10-25/h1-2,4,6,8,13,27H,3,5,7,9-11,22H2,(H,23,29)/t13-/m1/s1. The number of hydrogen-bond donors (Lipinski definition) is 3. The van der Waals surface area contributed by atoms with Gasteiger partial charge in [-0.25, -0.2) is 4.98 Å². The fourth-order valence-corrected chi connectivity index (χ4v) is 3.96. The van der Waals surface area contributed by atoms with Crippen LogP contribution >= 0.6 is 11.6 Å². The first kappa shape index (κ1) is 19.6. The molecule has 2 aromatic heterocycles. The van der Waals surface area contributed by atoms with Gasteiger partial charge in [-0.1, -0.05) is 29.8 Å². The average Bonchev–Trinajstić information content (AvgIpc) is 3.08. The van der Waals surface area contributed by atoms with E-state index in [9.17, 15) is 9.59 Å². The van der Waals surface area contributed by atoms with E-state index in [1.807, 2.05) is 22.8 Å². The second-order valence-electron chi connectivity index (χ2n) is 7.26. The highest BCUT2D eigenvalue weighted by Crippen LogP contribution is 2.26. The Hall–Kier alpha value is -2.68. The molecule has 0 spiro atoms. The summed E-state index contributed by atoms with van der Waals surface area (Å²) in [6.45, 7) is 1.08. The maximum Gasteiger partial charge on any atom is 0.274 e. The molecule has 3 aromatic rings. The lowest BCUT2D eigenvalue weighted by atomic mass is 10.1. The molecule has 9 heteroatoms. The predicted octanol–water partition coefficient (Wildman–Crippen LogP) is 1.53. The Kier molecular flexibility index (Phi) is 5.40. The van der Waals surface area contributed by atoms with Crippen LogP contribution in [0.2, 0.25) is 5.02 Å². The number of hydrogen-bond acceptors (Lipinski definition) is 6. The molecule has 0 unspecified atom stereocenters. The second-order valence-corrected chi connectivity index (χ2v) is 7.67. The third-order valence-corrected chi connectivity index (χ3v) is 5.56. The van der Waals surface area contributed by atoms with E-state index < -0.39 is 17.9 Å². The van der Waals surface area contributed by atoms with E-state index >= 15 is 0 Å². The molecule has 3 heterocycles. The molecule has 1 saturated heterocycles. The number of nitrogens with zero attached hydrogens (tertiary/aromatic N) is 3. The maximum atomic E-state index is 12.8. The molecule has 1 aliphatic rings. The topological polar surface area (TPSA) is 117 Å². The van der Waals surface area contributed by atoms with Crippen LogP contribution in [0.15, 0.2) is 35.1 Å². The number of carbonyl (C=O) groups is 1. The number of nitrogens with two attached hydrogens (primary N) is 1. The number of rotatable bonds is 5. The first-order chi connectivity index (χ1) is 14.0. The third-order valence-electron chi connectivity index (χ3n) is 5.19. The van der Waals surface area contributed by atoms with Crippen LogP contribution in [-0.2, 0) is 6.54 Å². The van der Waals surface area contributed by atoms with Crippen LogP contribution in [0.3, 0.4) is 0 Å². The van der Waals surface area contributed by atoms with Crippen LogP contribution in [0.25, 0.3) is 11.0 Å². The highest BCUT2D eigenvalue weighted by atomic mass is 35.5. The molecule has 0 aliphatic carbocycles. The molecular formula is C20H22ClN5O3. The number of piperidine rings is 1. The number of aromatic amines is 1. The van der Waals surface area contributed by atoms with Crippen molar-refractivity contribution in [1.29, 1.82) is 0 Å². The average molecular weight is 416 g/mol. The monoisotopic (exact) mass is 415 g/mol. The van der Waals surface area contributed by atoms with Crippen LogP contribution < -0.4 is 16.2 Å². The number of anilines is 1. The van der Waals surface area contributed by atoms with Gasteiger partial charge in [0.25, 0.3) is 5.56 Å². The molecule has 0 radical (unpaired) electrons. The fraction of sp³-hybridized carbons (Fsp3) is 0.350. The van der Waals surface area contributed by atoms with Crippen molar-refractivity contribution in [1.82, 2.24) is 14.5 Å². The molecule has 1 aromatic carbocycles. The Morgan fingerprint density at radius 2 is 2.17 bits per heavy atom. The van der Waals surface area contributed by atoms with Crippen molar-refractivity contribution in [2.24, 2.45) is 5.73 Å². The molecule has 0 amide bonds. The Labute approximate surface area is 171 Å². The Bertz CT molecular complexity index is 1120.